The van der Waals surface area contributed by atoms with Crippen LogP contribution in [0.15, 0.2) is 24.3 Å². The summed E-state index contributed by atoms with van der Waals surface area (Å²) in [6.07, 6.45) is 5.95. The molecule has 2 N–H and O–H groups in total. The van der Waals surface area contributed by atoms with Crippen molar-refractivity contribution in [2.45, 2.75) is 65.8 Å². The molecular weight excluding hydrogens is 374 g/mol. The highest BCUT2D eigenvalue weighted by atomic mass is 16.2. The number of carbonyl (C=O) groups excluding carboxylic acids is 2. The van der Waals surface area contributed by atoms with Crippen LogP contribution in [0, 0.1) is 11.3 Å². The first-order valence-electron chi connectivity index (χ1n) is 11.8. The topological polar surface area (TPSA) is 53.9 Å². The molecule has 0 bridgehead atoms. The number of benzene rings is 1. The lowest BCUT2D eigenvalue weighted by Gasteiger charge is -2.39. The highest BCUT2D eigenvalue weighted by Crippen LogP contribution is 2.40. The molecule has 1 saturated heterocycles. The number of hydrogen-bond acceptors (Lipinski definition) is 3. The van der Waals surface area contributed by atoms with Crippen LogP contribution in [0.1, 0.15) is 70.2 Å². The van der Waals surface area contributed by atoms with E-state index in [9.17, 15) is 9.59 Å². The smallest absolute Gasteiger partial charge is 0.275 e. The number of hydrogen-bond donors (Lipinski definition) is 2. The zero-order chi connectivity index (χ0) is 21.7. The van der Waals surface area contributed by atoms with Crippen molar-refractivity contribution >= 4 is 17.4 Å². The Kier molecular flexibility index (Phi) is 7.56. The zero-order valence-corrected chi connectivity index (χ0v) is 19.3. The molecule has 1 aliphatic heterocycles. The fourth-order valence-electron chi connectivity index (χ4n) is 4.98. The molecule has 2 aliphatic rings. The molecule has 1 aliphatic carbocycles. The lowest BCUT2D eigenvalue weighted by Crippen LogP contribution is -3.16. The predicted octanol–water partition coefficient (Wildman–Crippen LogP) is 2.71. The Bertz CT molecular complexity index is 712. The highest BCUT2D eigenvalue weighted by molar-refractivity contribution is 5.94. The molecule has 5 nitrogen and oxygen atoms in total. The van der Waals surface area contributed by atoms with Crippen LogP contribution in [0.25, 0.3) is 0 Å². The molecule has 0 unspecified atom stereocenters. The van der Waals surface area contributed by atoms with E-state index in [0.29, 0.717) is 18.0 Å². The van der Waals surface area contributed by atoms with Crippen LogP contribution in [0.2, 0.25) is 0 Å². The maximum atomic E-state index is 12.6. The van der Waals surface area contributed by atoms with Crippen molar-refractivity contribution in [1.29, 1.82) is 0 Å². The van der Waals surface area contributed by atoms with Crippen molar-refractivity contribution in [2.75, 3.05) is 37.6 Å². The molecule has 0 radical (unpaired) electrons. The fraction of sp³-hybridized carbons (Fsp3) is 0.680. The number of Topliss-reactive ketones (excluding diaryl/α,β-unsaturated/α-hetero) is 1. The normalized spacial score (nSPS) is 23.3. The maximum absolute atomic E-state index is 12.6. The molecule has 0 aromatic heterocycles. The summed E-state index contributed by atoms with van der Waals surface area (Å²) >= 11 is 0. The Balaban J connectivity index is 1.39. The summed E-state index contributed by atoms with van der Waals surface area (Å²) in [5, 5.41) is 3.31. The number of piperazine rings is 1. The molecule has 0 spiro atoms. The predicted molar refractivity (Wildman–Crippen MR) is 122 cm³/mol. The number of nitrogens with zero attached hydrogens (tertiary/aromatic N) is 1. The van der Waals surface area contributed by atoms with E-state index >= 15 is 0 Å². The van der Waals surface area contributed by atoms with Crippen LogP contribution < -0.4 is 15.1 Å². The molecule has 0 atom stereocenters. The molecule has 2 fully saturated rings. The SMILES string of the molecule is CCC(C)(C)C1CCC(NC(=O)C[NH+]2CCN(c3ccc(C(C)=O)cc3)CC2)CC1. The largest absolute Gasteiger partial charge is 0.360 e. The Morgan fingerprint density at radius 1 is 1.07 bits per heavy atom. The lowest BCUT2D eigenvalue weighted by molar-refractivity contribution is -0.892. The van der Waals surface area contributed by atoms with E-state index in [4.69, 9.17) is 0 Å². The summed E-state index contributed by atoms with van der Waals surface area (Å²) < 4.78 is 0. The van der Waals surface area contributed by atoms with Gasteiger partial charge in [0.1, 0.15) is 0 Å². The number of rotatable bonds is 7. The minimum atomic E-state index is 0.101. The molecule has 1 aromatic rings. The molecule has 30 heavy (non-hydrogen) atoms. The average molecular weight is 415 g/mol. The third kappa shape index (κ3) is 5.84. The summed E-state index contributed by atoms with van der Waals surface area (Å²) in [6, 6.07) is 8.23. The molecule has 1 amide bonds. The Hall–Kier alpha value is -1.88. The van der Waals surface area contributed by atoms with Crippen LogP contribution in [-0.4, -0.2) is 50.5 Å². The van der Waals surface area contributed by atoms with Crippen molar-refractivity contribution in [1.82, 2.24) is 5.32 Å². The number of quaternary nitrogens is 1. The second-order valence-corrected chi connectivity index (χ2v) is 9.98. The van der Waals surface area contributed by atoms with E-state index in [1.165, 1.54) is 24.2 Å². The summed E-state index contributed by atoms with van der Waals surface area (Å²) in [4.78, 5) is 27.7. The van der Waals surface area contributed by atoms with Crippen molar-refractivity contribution in [3.8, 4) is 0 Å². The van der Waals surface area contributed by atoms with Crippen LogP contribution >= 0.6 is 0 Å². The summed E-state index contributed by atoms with van der Waals surface area (Å²) in [7, 11) is 0. The van der Waals surface area contributed by atoms with Gasteiger partial charge in [-0.15, -0.1) is 0 Å². The van der Waals surface area contributed by atoms with Gasteiger partial charge in [-0.25, -0.2) is 0 Å². The van der Waals surface area contributed by atoms with Gasteiger partial charge in [-0.3, -0.25) is 9.59 Å². The molecule has 1 aromatic carbocycles. The van der Waals surface area contributed by atoms with E-state index in [-0.39, 0.29) is 11.7 Å². The second-order valence-electron chi connectivity index (χ2n) is 9.98. The second kappa shape index (κ2) is 9.95. The van der Waals surface area contributed by atoms with Gasteiger partial charge in [0, 0.05) is 17.3 Å². The van der Waals surface area contributed by atoms with Crippen molar-refractivity contribution < 1.29 is 14.5 Å². The van der Waals surface area contributed by atoms with Crippen LogP contribution in [0.5, 0.6) is 0 Å². The van der Waals surface area contributed by atoms with Crippen molar-refractivity contribution in [3.05, 3.63) is 29.8 Å². The van der Waals surface area contributed by atoms with Crippen LogP contribution in [0.4, 0.5) is 5.69 Å². The van der Waals surface area contributed by atoms with E-state index < -0.39 is 0 Å². The number of amides is 1. The average Bonchev–Trinajstić information content (AvgIpc) is 2.74. The van der Waals surface area contributed by atoms with Crippen molar-refractivity contribution in [2.24, 2.45) is 11.3 Å². The van der Waals surface area contributed by atoms with Gasteiger partial charge in [0.15, 0.2) is 12.3 Å². The Morgan fingerprint density at radius 2 is 1.67 bits per heavy atom. The van der Waals surface area contributed by atoms with E-state index in [1.54, 1.807) is 6.92 Å². The number of ketones is 1. The van der Waals surface area contributed by atoms with Gasteiger partial charge >= 0.3 is 0 Å². The van der Waals surface area contributed by atoms with Gasteiger partial charge in [0.25, 0.3) is 5.91 Å². The standard InChI is InChI=1S/C25H39N3O2/c1-5-25(3,4)21-8-10-22(11-9-21)26-24(30)18-27-14-16-28(17-15-27)23-12-6-20(7-13-23)19(2)29/h6-7,12-13,21-22H,5,8-11,14-18H2,1-4H3,(H,26,30)/p+1. The van der Waals surface area contributed by atoms with Gasteiger partial charge in [-0.2, -0.15) is 0 Å². The van der Waals surface area contributed by atoms with Gasteiger partial charge in [-0.05, 0) is 68.2 Å². The van der Waals surface area contributed by atoms with Gasteiger partial charge in [0.2, 0.25) is 0 Å². The van der Waals surface area contributed by atoms with Crippen molar-refractivity contribution in [3.63, 3.8) is 0 Å². The van der Waals surface area contributed by atoms with Gasteiger partial charge < -0.3 is 15.1 Å². The first kappa shape index (κ1) is 22.8. The Labute approximate surface area is 182 Å². The molecule has 3 rings (SSSR count). The van der Waals surface area contributed by atoms with Crippen LogP contribution in [0.3, 0.4) is 0 Å². The van der Waals surface area contributed by atoms with Gasteiger partial charge in [0.05, 0.1) is 26.2 Å². The van der Waals surface area contributed by atoms with E-state index in [2.05, 4.69) is 31.0 Å². The number of carbonyl (C=O) groups is 2. The lowest BCUT2D eigenvalue weighted by atomic mass is 9.69. The minimum absolute atomic E-state index is 0.101. The summed E-state index contributed by atoms with van der Waals surface area (Å²) in [6.45, 7) is 13.1. The molecule has 1 heterocycles. The monoisotopic (exact) mass is 414 g/mol. The molecular formula is C25H40N3O2+. The van der Waals surface area contributed by atoms with E-state index in [0.717, 1.165) is 56.2 Å². The molecule has 5 heteroatoms. The number of anilines is 1. The Morgan fingerprint density at radius 3 is 2.20 bits per heavy atom. The third-order valence-corrected chi connectivity index (χ3v) is 7.63. The first-order valence-corrected chi connectivity index (χ1v) is 11.8. The summed E-state index contributed by atoms with van der Waals surface area (Å²) in [5.41, 5.74) is 2.34. The molecule has 166 valence electrons. The number of nitrogens with one attached hydrogen (secondary N) is 2. The zero-order valence-electron chi connectivity index (χ0n) is 19.3. The minimum Gasteiger partial charge on any atom is -0.360 e. The summed E-state index contributed by atoms with van der Waals surface area (Å²) in [5.74, 6) is 1.10. The fourth-order valence-corrected chi connectivity index (χ4v) is 4.98. The first-order chi connectivity index (χ1) is 14.3. The quantitative estimate of drug-likeness (QED) is 0.675. The van der Waals surface area contributed by atoms with Crippen LogP contribution in [-0.2, 0) is 4.79 Å². The maximum Gasteiger partial charge on any atom is 0.275 e. The van der Waals surface area contributed by atoms with E-state index in [1.807, 2.05) is 24.3 Å². The third-order valence-electron chi connectivity index (χ3n) is 7.63. The van der Waals surface area contributed by atoms with Gasteiger partial charge in [-0.1, -0.05) is 27.2 Å². The highest BCUT2D eigenvalue weighted by Gasteiger charge is 2.32. The molecule has 1 saturated carbocycles.